The first-order valence-electron chi connectivity index (χ1n) is 6.84. The summed E-state index contributed by atoms with van der Waals surface area (Å²) < 4.78 is 0. The molecule has 1 atom stereocenters. The van der Waals surface area contributed by atoms with Gasteiger partial charge in [-0.25, -0.2) is 9.59 Å². The van der Waals surface area contributed by atoms with E-state index in [4.69, 9.17) is 5.11 Å². The van der Waals surface area contributed by atoms with Crippen LogP contribution >= 0.6 is 11.8 Å². The van der Waals surface area contributed by atoms with Crippen molar-refractivity contribution in [2.24, 2.45) is 11.8 Å². The van der Waals surface area contributed by atoms with Gasteiger partial charge >= 0.3 is 12.0 Å². The lowest BCUT2D eigenvalue weighted by molar-refractivity contribution is -0.139. The maximum atomic E-state index is 11.7. The van der Waals surface area contributed by atoms with Gasteiger partial charge in [-0.1, -0.05) is 13.8 Å². The van der Waals surface area contributed by atoms with Crippen molar-refractivity contribution in [3.63, 3.8) is 0 Å². The van der Waals surface area contributed by atoms with Gasteiger partial charge in [0.1, 0.15) is 6.04 Å². The quantitative estimate of drug-likeness (QED) is 0.698. The molecule has 1 aliphatic rings. The van der Waals surface area contributed by atoms with Gasteiger partial charge in [0, 0.05) is 6.54 Å². The Morgan fingerprint density at radius 3 is 2.47 bits per heavy atom. The summed E-state index contributed by atoms with van der Waals surface area (Å²) in [6, 6.07) is -1.17. The van der Waals surface area contributed by atoms with Gasteiger partial charge in [0.15, 0.2) is 0 Å². The monoisotopic (exact) mass is 288 g/mol. The van der Waals surface area contributed by atoms with Crippen molar-refractivity contribution in [1.82, 2.24) is 10.6 Å². The highest BCUT2D eigenvalue weighted by atomic mass is 32.2. The molecule has 110 valence electrons. The highest BCUT2D eigenvalue weighted by Gasteiger charge is 2.21. The number of hydrogen-bond acceptors (Lipinski definition) is 3. The minimum Gasteiger partial charge on any atom is -0.480 e. The first kappa shape index (κ1) is 16.1. The Bertz CT molecular complexity index is 304. The number of amides is 2. The summed E-state index contributed by atoms with van der Waals surface area (Å²) in [7, 11) is 0. The van der Waals surface area contributed by atoms with E-state index in [0.29, 0.717) is 18.9 Å². The third-order valence-electron chi connectivity index (χ3n) is 3.20. The predicted octanol–water partition coefficient (Wildman–Crippen LogP) is 1.93. The van der Waals surface area contributed by atoms with Crippen LogP contribution in [-0.4, -0.2) is 41.2 Å². The Hall–Kier alpha value is -0.910. The summed E-state index contributed by atoms with van der Waals surface area (Å²) in [5.74, 6) is 2.09. The number of hydrogen-bond donors (Lipinski definition) is 3. The van der Waals surface area contributed by atoms with Gasteiger partial charge in [0.05, 0.1) is 0 Å². The Labute approximate surface area is 118 Å². The van der Waals surface area contributed by atoms with E-state index < -0.39 is 12.0 Å². The van der Waals surface area contributed by atoms with Crippen LogP contribution in [0.15, 0.2) is 0 Å². The summed E-state index contributed by atoms with van der Waals surface area (Å²) >= 11 is 1.95. The molecule has 0 bridgehead atoms. The minimum absolute atomic E-state index is 0.233. The molecule has 0 aromatic rings. The number of aliphatic carboxylic acids is 1. The van der Waals surface area contributed by atoms with Gasteiger partial charge in [-0.15, -0.1) is 0 Å². The molecule has 0 radical (unpaired) electrons. The van der Waals surface area contributed by atoms with E-state index in [1.807, 2.05) is 25.6 Å². The van der Waals surface area contributed by atoms with Crippen LogP contribution in [0.2, 0.25) is 0 Å². The van der Waals surface area contributed by atoms with Crippen molar-refractivity contribution in [2.45, 2.75) is 39.2 Å². The number of nitrogens with one attached hydrogen (secondary N) is 2. The second kappa shape index (κ2) is 8.30. The van der Waals surface area contributed by atoms with Crippen LogP contribution in [0.25, 0.3) is 0 Å². The zero-order chi connectivity index (χ0) is 14.3. The van der Waals surface area contributed by atoms with Crippen molar-refractivity contribution in [2.75, 3.05) is 18.1 Å². The van der Waals surface area contributed by atoms with Crippen molar-refractivity contribution >= 4 is 23.8 Å². The SMILES string of the molecule is CC(C)C[C@@H](NC(=O)NCC1CCSCC1)C(=O)O. The highest BCUT2D eigenvalue weighted by Crippen LogP contribution is 2.21. The number of carbonyl (C=O) groups is 2. The maximum absolute atomic E-state index is 11.7. The van der Waals surface area contributed by atoms with Gasteiger partial charge in [-0.2, -0.15) is 11.8 Å². The number of urea groups is 1. The van der Waals surface area contributed by atoms with Crippen molar-refractivity contribution < 1.29 is 14.7 Å². The van der Waals surface area contributed by atoms with E-state index in [1.54, 1.807) is 0 Å². The van der Waals surface area contributed by atoms with Gasteiger partial charge < -0.3 is 15.7 Å². The van der Waals surface area contributed by atoms with Gasteiger partial charge in [0.25, 0.3) is 0 Å². The largest absolute Gasteiger partial charge is 0.480 e. The number of carbonyl (C=O) groups excluding carboxylic acids is 1. The van der Waals surface area contributed by atoms with Crippen LogP contribution in [-0.2, 0) is 4.79 Å². The molecule has 1 heterocycles. The molecular formula is C13H24N2O3S. The second-order valence-corrected chi connectivity index (χ2v) is 6.66. The summed E-state index contributed by atoms with van der Waals surface area (Å²) in [4.78, 5) is 22.7. The van der Waals surface area contributed by atoms with E-state index in [2.05, 4.69) is 10.6 Å². The molecule has 0 aromatic carbocycles. The molecule has 0 aromatic heterocycles. The van der Waals surface area contributed by atoms with Gasteiger partial charge in [-0.3, -0.25) is 0 Å². The fraction of sp³-hybridized carbons (Fsp3) is 0.846. The number of thioether (sulfide) groups is 1. The molecule has 0 saturated carbocycles. The Balaban J connectivity index is 2.29. The van der Waals surface area contributed by atoms with Gasteiger partial charge in [-0.05, 0) is 42.6 Å². The first-order valence-corrected chi connectivity index (χ1v) is 7.99. The van der Waals surface area contributed by atoms with Crippen LogP contribution in [0.4, 0.5) is 4.79 Å². The molecule has 19 heavy (non-hydrogen) atoms. The number of carboxylic acid groups (broad SMARTS) is 1. The lowest BCUT2D eigenvalue weighted by Gasteiger charge is -2.22. The predicted molar refractivity (Wildman–Crippen MR) is 77.5 cm³/mol. The zero-order valence-electron chi connectivity index (χ0n) is 11.6. The second-order valence-electron chi connectivity index (χ2n) is 5.43. The number of carboxylic acids is 1. The van der Waals surface area contributed by atoms with Crippen LogP contribution in [0.1, 0.15) is 33.1 Å². The molecule has 1 saturated heterocycles. The smallest absolute Gasteiger partial charge is 0.326 e. The molecule has 1 aliphatic heterocycles. The molecule has 6 heteroatoms. The van der Waals surface area contributed by atoms with Crippen LogP contribution < -0.4 is 10.6 Å². The Kier molecular flexibility index (Phi) is 7.05. The number of rotatable bonds is 6. The molecule has 5 nitrogen and oxygen atoms in total. The standard InChI is InChI=1S/C13H24N2O3S/c1-9(2)7-11(12(16)17)15-13(18)14-8-10-3-5-19-6-4-10/h9-11H,3-8H2,1-2H3,(H,16,17)(H2,14,15,18)/t11-/m1/s1. The van der Waals surface area contributed by atoms with Crippen molar-refractivity contribution in [3.8, 4) is 0 Å². The van der Waals surface area contributed by atoms with E-state index in [0.717, 1.165) is 24.3 Å². The zero-order valence-corrected chi connectivity index (χ0v) is 12.5. The van der Waals surface area contributed by atoms with Gasteiger partial charge in [0.2, 0.25) is 0 Å². The molecule has 0 unspecified atom stereocenters. The Morgan fingerprint density at radius 2 is 1.95 bits per heavy atom. The van der Waals surface area contributed by atoms with Crippen molar-refractivity contribution in [3.05, 3.63) is 0 Å². The van der Waals surface area contributed by atoms with E-state index in [1.165, 1.54) is 0 Å². The van der Waals surface area contributed by atoms with Crippen LogP contribution in [0.5, 0.6) is 0 Å². The van der Waals surface area contributed by atoms with E-state index in [9.17, 15) is 9.59 Å². The fourth-order valence-corrected chi connectivity index (χ4v) is 3.29. The fourth-order valence-electron chi connectivity index (χ4n) is 2.09. The molecule has 0 aliphatic carbocycles. The lowest BCUT2D eigenvalue weighted by atomic mass is 10.0. The molecular weight excluding hydrogens is 264 g/mol. The normalized spacial score (nSPS) is 18.1. The van der Waals surface area contributed by atoms with E-state index >= 15 is 0 Å². The molecule has 3 N–H and O–H groups in total. The topological polar surface area (TPSA) is 78.4 Å². The first-order chi connectivity index (χ1) is 8.99. The van der Waals surface area contributed by atoms with Crippen LogP contribution in [0, 0.1) is 11.8 Å². The molecule has 2 amide bonds. The molecule has 1 fully saturated rings. The minimum atomic E-state index is -0.974. The summed E-state index contributed by atoms with van der Waals surface area (Å²) in [5.41, 5.74) is 0. The lowest BCUT2D eigenvalue weighted by Crippen LogP contribution is -2.47. The third kappa shape index (κ3) is 6.71. The van der Waals surface area contributed by atoms with Crippen molar-refractivity contribution in [1.29, 1.82) is 0 Å². The third-order valence-corrected chi connectivity index (χ3v) is 4.25. The average Bonchev–Trinajstić information content (AvgIpc) is 2.36. The average molecular weight is 288 g/mol. The maximum Gasteiger partial charge on any atom is 0.326 e. The molecule has 1 rings (SSSR count). The summed E-state index contributed by atoms with van der Waals surface area (Å²) in [5, 5.41) is 14.4. The summed E-state index contributed by atoms with van der Waals surface area (Å²) in [6.45, 7) is 4.52. The summed E-state index contributed by atoms with van der Waals surface area (Å²) in [6.07, 6.45) is 2.70. The Morgan fingerprint density at radius 1 is 1.32 bits per heavy atom. The highest BCUT2D eigenvalue weighted by molar-refractivity contribution is 7.99. The molecule has 0 spiro atoms. The van der Waals surface area contributed by atoms with E-state index in [-0.39, 0.29) is 11.9 Å². The van der Waals surface area contributed by atoms with Crippen LogP contribution in [0.3, 0.4) is 0 Å².